The summed E-state index contributed by atoms with van der Waals surface area (Å²) < 4.78 is 0. The Morgan fingerprint density at radius 1 is 0.920 bits per heavy atom. The van der Waals surface area contributed by atoms with Crippen molar-refractivity contribution in [3.05, 3.63) is 35.4 Å². The third-order valence-corrected chi connectivity index (χ3v) is 4.88. The second-order valence-corrected chi connectivity index (χ2v) is 7.33. The van der Waals surface area contributed by atoms with E-state index in [0.29, 0.717) is 6.04 Å². The van der Waals surface area contributed by atoms with Crippen LogP contribution in [0.5, 0.6) is 0 Å². The van der Waals surface area contributed by atoms with Crippen molar-refractivity contribution in [1.29, 1.82) is 0 Å². The molecule has 0 spiro atoms. The number of benzene rings is 1. The van der Waals surface area contributed by atoms with Gasteiger partial charge in [0.25, 0.3) is 0 Å². The highest BCUT2D eigenvalue weighted by Gasteiger charge is 2.14. The summed E-state index contributed by atoms with van der Waals surface area (Å²) in [6.45, 7) is 20.1. The van der Waals surface area contributed by atoms with Crippen molar-refractivity contribution in [2.75, 3.05) is 18.4 Å². The van der Waals surface area contributed by atoms with E-state index < -0.39 is 0 Å². The van der Waals surface area contributed by atoms with Gasteiger partial charge < -0.3 is 10.2 Å². The number of nitrogens with zero attached hydrogens (tertiary/aromatic N) is 1. The lowest BCUT2D eigenvalue weighted by Crippen LogP contribution is -2.24. The van der Waals surface area contributed by atoms with E-state index >= 15 is 0 Å². The SMILES string of the molecule is C=C(c1cc(NC(CCC)CCC)c(C)cc1C)N(CCC)CCC. The lowest BCUT2D eigenvalue weighted by molar-refractivity contribution is 0.396. The van der Waals surface area contributed by atoms with Gasteiger partial charge in [-0.05, 0) is 56.7 Å². The van der Waals surface area contributed by atoms with Crippen LogP contribution in [0, 0.1) is 13.8 Å². The third-order valence-electron chi connectivity index (χ3n) is 4.88. The zero-order chi connectivity index (χ0) is 18.8. The molecule has 0 radical (unpaired) electrons. The van der Waals surface area contributed by atoms with Crippen molar-refractivity contribution in [2.24, 2.45) is 0 Å². The molecule has 0 fully saturated rings. The summed E-state index contributed by atoms with van der Waals surface area (Å²) in [4.78, 5) is 2.44. The van der Waals surface area contributed by atoms with Crippen molar-refractivity contribution in [3.8, 4) is 0 Å². The molecule has 25 heavy (non-hydrogen) atoms. The van der Waals surface area contributed by atoms with Gasteiger partial charge in [-0.15, -0.1) is 0 Å². The summed E-state index contributed by atoms with van der Waals surface area (Å²) in [6.07, 6.45) is 7.23. The molecule has 0 aliphatic rings. The number of aryl methyl sites for hydroxylation is 2. The first-order valence-corrected chi connectivity index (χ1v) is 10.3. The Morgan fingerprint density at radius 3 is 1.96 bits per heavy atom. The zero-order valence-electron chi connectivity index (χ0n) is 17.5. The maximum atomic E-state index is 4.44. The predicted molar refractivity (Wildman–Crippen MR) is 114 cm³/mol. The van der Waals surface area contributed by atoms with E-state index in [4.69, 9.17) is 0 Å². The van der Waals surface area contributed by atoms with Crippen molar-refractivity contribution >= 4 is 11.4 Å². The van der Waals surface area contributed by atoms with Crippen molar-refractivity contribution in [3.63, 3.8) is 0 Å². The van der Waals surface area contributed by atoms with Gasteiger partial charge in [0.2, 0.25) is 0 Å². The Bertz CT molecular complexity index is 521. The lowest BCUT2D eigenvalue weighted by atomic mass is 9.99. The van der Waals surface area contributed by atoms with Gasteiger partial charge in [-0.3, -0.25) is 0 Å². The molecule has 1 aromatic carbocycles. The quantitative estimate of drug-likeness (QED) is 0.450. The first kappa shape index (κ1) is 21.6. The van der Waals surface area contributed by atoms with E-state index in [2.05, 4.69) is 70.5 Å². The minimum atomic E-state index is 0.569. The largest absolute Gasteiger partial charge is 0.382 e. The monoisotopic (exact) mass is 344 g/mol. The molecular formula is C23H40N2. The molecule has 2 heteroatoms. The number of rotatable bonds is 12. The molecule has 0 saturated carbocycles. The summed E-state index contributed by atoms with van der Waals surface area (Å²) in [5.41, 5.74) is 6.41. The molecular weight excluding hydrogens is 304 g/mol. The fourth-order valence-corrected chi connectivity index (χ4v) is 3.62. The van der Waals surface area contributed by atoms with Gasteiger partial charge in [0, 0.05) is 36.1 Å². The Hall–Kier alpha value is -1.44. The first-order valence-electron chi connectivity index (χ1n) is 10.3. The Balaban J connectivity index is 3.10. The van der Waals surface area contributed by atoms with Crippen LogP contribution in [0.2, 0.25) is 0 Å². The zero-order valence-corrected chi connectivity index (χ0v) is 17.5. The van der Waals surface area contributed by atoms with Crippen LogP contribution < -0.4 is 5.32 Å². The molecule has 0 amide bonds. The van der Waals surface area contributed by atoms with Crippen LogP contribution >= 0.6 is 0 Å². The molecule has 0 heterocycles. The van der Waals surface area contributed by atoms with Crippen LogP contribution in [0.3, 0.4) is 0 Å². The second kappa shape index (κ2) is 11.2. The number of hydrogen-bond acceptors (Lipinski definition) is 2. The first-order chi connectivity index (χ1) is 12.0. The maximum Gasteiger partial charge on any atom is 0.0379 e. The fourth-order valence-electron chi connectivity index (χ4n) is 3.62. The van der Waals surface area contributed by atoms with E-state index in [-0.39, 0.29) is 0 Å². The molecule has 1 rings (SSSR count). The standard InChI is InChI=1S/C23H40N2/c1-8-12-21(13-9-2)24-23-17-22(18(5)16-19(23)6)20(7)25(14-10-3)15-11-4/h16-17,21,24H,7-15H2,1-6H3. The normalized spacial score (nSPS) is 11.0. The van der Waals surface area contributed by atoms with Gasteiger partial charge >= 0.3 is 0 Å². The van der Waals surface area contributed by atoms with Crippen LogP contribution in [0.4, 0.5) is 5.69 Å². The van der Waals surface area contributed by atoms with Crippen LogP contribution in [-0.4, -0.2) is 24.0 Å². The van der Waals surface area contributed by atoms with Gasteiger partial charge in [0.1, 0.15) is 0 Å². The minimum absolute atomic E-state index is 0.569. The Kier molecular flexibility index (Phi) is 9.70. The second-order valence-electron chi connectivity index (χ2n) is 7.33. The van der Waals surface area contributed by atoms with Gasteiger partial charge in [0.05, 0.1) is 0 Å². The molecule has 1 aromatic rings. The highest BCUT2D eigenvalue weighted by Crippen LogP contribution is 2.29. The maximum absolute atomic E-state index is 4.44. The van der Waals surface area contributed by atoms with Crippen molar-refractivity contribution in [1.82, 2.24) is 4.90 Å². The van der Waals surface area contributed by atoms with Crippen molar-refractivity contribution in [2.45, 2.75) is 86.1 Å². The average molecular weight is 345 g/mol. The van der Waals surface area contributed by atoms with Crippen LogP contribution in [0.1, 0.15) is 82.9 Å². The molecule has 142 valence electrons. The molecule has 2 nitrogen and oxygen atoms in total. The molecule has 0 atom stereocenters. The third kappa shape index (κ3) is 6.41. The lowest BCUT2D eigenvalue weighted by Gasteiger charge is -2.28. The smallest absolute Gasteiger partial charge is 0.0379 e. The highest BCUT2D eigenvalue weighted by atomic mass is 15.1. The van der Waals surface area contributed by atoms with Crippen LogP contribution in [-0.2, 0) is 0 Å². The average Bonchev–Trinajstić information content (AvgIpc) is 2.57. The molecule has 0 aliphatic carbocycles. The highest BCUT2D eigenvalue weighted by molar-refractivity contribution is 5.70. The van der Waals surface area contributed by atoms with E-state index in [1.807, 2.05) is 0 Å². The summed E-state index contributed by atoms with van der Waals surface area (Å²) in [5, 5.41) is 3.81. The van der Waals surface area contributed by atoms with Crippen LogP contribution in [0.25, 0.3) is 5.70 Å². The van der Waals surface area contributed by atoms with Gasteiger partial charge in [-0.25, -0.2) is 0 Å². The van der Waals surface area contributed by atoms with Gasteiger partial charge in [-0.1, -0.05) is 53.2 Å². The van der Waals surface area contributed by atoms with Gasteiger partial charge in [0.15, 0.2) is 0 Å². The topological polar surface area (TPSA) is 15.3 Å². The Labute approximate surface area is 156 Å². The summed E-state index contributed by atoms with van der Waals surface area (Å²) in [5.74, 6) is 0. The molecule has 0 aliphatic heterocycles. The Morgan fingerprint density at radius 2 is 1.48 bits per heavy atom. The number of anilines is 1. The fraction of sp³-hybridized carbons (Fsp3) is 0.652. The number of nitrogens with one attached hydrogen (secondary N) is 1. The molecule has 0 unspecified atom stereocenters. The molecule has 1 N–H and O–H groups in total. The minimum Gasteiger partial charge on any atom is -0.382 e. The predicted octanol–water partition coefficient (Wildman–Crippen LogP) is 6.78. The molecule has 0 aromatic heterocycles. The van der Waals surface area contributed by atoms with Crippen molar-refractivity contribution < 1.29 is 0 Å². The summed E-state index contributed by atoms with van der Waals surface area (Å²) in [7, 11) is 0. The summed E-state index contributed by atoms with van der Waals surface area (Å²) >= 11 is 0. The van der Waals surface area contributed by atoms with E-state index in [0.717, 1.165) is 25.9 Å². The van der Waals surface area contributed by atoms with Gasteiger partial charge in [-0.2, -0.15) is 0 Å². The molecule has 0 saturated heterocycles. The molecule has 0 bridgehead atoms. The number of hydrogen-bond donors (Lipinski definition) is 1. The van der Waals surface area contributed by atoms with E-state index in [1.54, 1.807) is 0 Å². The summed E-state index contributed by atoms with van der Waals surface area (Å²) in [6, 6.07) is 5.22. The van der Waals surface area contributed by atoms with E-state index in [9.17, 15) is 0 Å². The van der Waals surface area contributed by atoms with E-state index in [1.165, 1.54) is 53.8 Å². The van der Waals surface area contributed by atoms with Crippen LogP contribution in [0.15, 0.2) is 18.7 Å².